The molecule has 2 N–H and O–H groups in total. The highest BCUT2D eigenvalue weighted by molar-refractivity contribution is 7.73. The molecule has 27 heavy (non-hydrogen) atoms. The lowest BCUT2D eigenvalue weighted by Gasteiger charge is -2.09. The third-order valence-corrected chi connectivity index (χ3v) is 5.13. The molecule has 0 atom stereocenters. The molecule has 0 fully saturated rings. The smallest absolute Gasteiger partial charge is 0.335 e. The normalized spacial score (nSPS) is 10.4. The van der Waals surface area contributed by atoms with Crippen molar-refractivity contribution in [3.63, 3.8) is 0 Å². The van der Waals surface area contributed by atoms with Gasteiger partial charge in [0, 0.05) is 16.6 Å². The van der Waals surface area contributed by atoms with E-state index in [9.17, 15) is 14.4 Å². The number of carboxylic acid groups (broad SMARTS) is 1. The number of hydrogen-bond donors (Lipinski definition) is 2. The molecule has 0 spiro atoms. The van der Waals surface area contributed by atoms with E-state index in [-0.39, 0.29) is 21.6 Å². The van der Waals surface area contributed by atoms with Crippen molar-refractivity contribution in [1.82, 2.24) is 4.57 Å². The van der Waals surface area contributed by atoms with Gasteiger partial charge in [-0.15, -0.1) is 11.3 Å². The summed E-state index contributed by atoms with van der Waals surface area (Å²) in [6.07, 6.45) is 0. The van der Waals surface area contributed by atoms with E-state index in [2.05, 4.69) is 5.32 Å². The zero-order chi connectivity index (χ0) is 19.4. The van der Waals surface area contributed by atoms with Gasteiger partial charge in [-0.05, 0) is 36.0 Å². The van der Waals surface area contributed by atoms with Crippen LogP contribution in [-0.2, 0) is 11.3 Å². The lowest BCUT2D eigenvalue weighted by molar-refractivity contribution is -0.116. The minimum atomic E-state index is -1.09. The molecule has 0 bridgehead atoms. The Morgan fingerprint density at radius 2 is 1.81 bits per heavy atom. The van der Waals surface area contributed by atoms with Crippen molar-refractivity contribution < 1.29 is 14.7 Å². The number of aromatic carboxylic acids is 1. The van der Waals surface area contributed by atoms with Gasteiger partial charge in [0.2, 0.25) is 5.91 Å². The molecule has 6 nitrogen and oxygen atoms in total. The predicted octanol–water partition coefficient (Wildman–Crippen LogP) is 3.64. The molecule has 0 saturated carbocycles. The third-order valence-electron chi connectivity index (χ3n) is 3.69. The Balaban J connectivity index is 1.80. The Labute approximate surface area is 163 Å². The standard InChI is InChI=1S/C19H14N2O4S2/c22-16(20-14-8-4-7-13(9-14)18(24)25)11-21-17(23)10-15(27-19(21)26)12-5-2-1-3-6-12/h1-10H,11H2,(H,20,22)(H,24,25). The number of carbonyl (C=O) groups is 2. The summed E-state index contributed by atoms with van der Waals surface area (Å²) >= 11 is 6.53. The number of carboxylic acids is 1. The lowest BCUT2D eigenvalue weighted by atomic mass is 10.2. The summed E-state index contributed by atoms with van der Waals surface area (Å²) in [7, 11) is 0. The molecule has 0 saturated heterocycles. The fourth-order valence-corrected chi connectivity index (χ4v) is 3.71. The van der Waals surface area contributed by atoms with E-state index in [0.29, 0.717) is 5.69 Å². The van der Waals surface area contributed by atoms with Gasteiger partial charge in [-0.25, -0.2) is 4.79 Å². The summed E-state index contributed by atoms with van der Waals surface area (Å²) in [5.41, 5.74) is 0.909. The van der Waals surface area contributed by atoms with Crippen molar-refractivity contribution in [2.24, 2.45) is 0 Å². The highest BCUT2D eigenvalue weighted by Gasteiger charge is 2.10. The Morgan fingerprint density at radius 1 is 1.07 bits per heavy atom. The molecule has 0 aliphatic rings. The first-order valence-corrected chi connectivity index (χ1v) is 9.10. The number of carbonyl (C=O) groups excluding carboxylic acids is 1. The van der Waals surface area contributed by atoms with Crippen LogP contribution in [0.25, 0.3) is 10.4 Å². The van der Waals surface area contributed by atoms with E-state index in [1.807, 2.05) is 30.3 Å². The van der Waals surface area contributed by atoms with Gasteiger partial charge in [-0.3, -0.25) is 14.2 Å². The minimum absolute atomic E-state index is 0.0587. The van der Waals surface area contributed by atoms with Gasteiger partial charge >= 0.3 is 5.97 Å². The topological polar surface area (TPSA) is 88.4 Å². The Kier molecular flexibility index (Phi) is 5.58. The number of nitrogens with one attached hydrogen (secondary N) is 1. The van der Waals surface area contributed by atoms with Gasteiger partial charge in [0.1, 0.15) is 6.54 Å². The first-order valence-electron chi connectivity index (χ1n) is 7.87. The molecule has 3 rings (SSSR count). The Morgan fingerprint density at radius 3 is 2.48 bits per heavy atom. The van der Waals surface area contributed by atoms with E-state index >= 15 is 0 Å². The summed E-state index contributed by atoms with van der Waals surface area (Å²) in [6.45, 7) is -0.249. The second-order valence-electron chi connectivity index (χ2n) is 5.60. The van der Waals surface area contributed by atoms with Crippen molar-refractivity contribution in [2.75, 3.05) is 5.32 Å². The monoisotopic (exact) mass is 398 g/mol. The zero-order valence-corrected chi connectivity index (χ0v) is 15.5. The summed E-state index contributed by atoms with van der Waals surface area (Å²) in [6, 6.07) is 16.7. The highest BCUT2D eigenvalue weighted by atomic mass is 32.1. The van der Waals surface area contributed by atoms with Crippen LogP contribution in [-0.4, -0.2) is 21.6 Å². The van der Waals surface area contributed by atoms with Gasteiger partial charge in [0.15, 0.2) is 3.95 Å². The average molecular weight is 398 g/mol. The predicted molar refractivity (Wildman–Crippen MR) is 107 cm³/mol. The molecule has 1 amide bonds. The molecule has 0 aliphatic heterocycles. The third kappa shape index (κ3) is 4.55. The van der Waals surface area contributed by atoms with Gasteiger partial charge in [0.05, 0.1) is 5.56 Å². The largest absolute Gasteiger partial charge is 0.478 e. The maximum atomic E-state index is 12.4. The van der Waals surface area contributed by atoms with E-state index in [1.54, 1.807) is 6.07 Å². The van der Waals surface area contributed by atoms with Crippen LogP contribution in [0.5, 0.6) is 0 Å². The number of hydrogen-bond acceptors (Lipinski definition) is 5. The molecule has 0 radical (unpaired) electrons. The van der Waals surface area contributed by atoms with Crippen molar-refractivity contribution in [2.45, 2.75) is 6.54 Å². The number of nitrogens with zero attached hydrogens (tertiary/aromatic N) is 1. The first-order chi connectivity index (χ1) is 12.9. The Bertz CT molecular complexity index is 1090. The molecular formula is C19H14N2O4S2. The number of benzene rings is 2. The molecular weight excluding hydrogens is 384 g/mol. The maximum absolute atomic E-state index is 12.4. The van der Waals surface area contributed by atoms with Crippen molar-refractivity contribution in [3.8, 4) is 10.4 Å². The number of rotatable bonds is 5. The molecule has 0 aliphatic carbocycles. The quantitative estimate of drug-likeness (QED) is 0.641. The minimum Gasteiger partial charge on any atom is -0.478 e. The van der Waals surface area contributed by atoms with Crippen LogP contribution < -0.4 is 10.9 Å². The summed E-state index contributed by atoms with van der Waals surface area (Å²) < 4.78 is 1.50. The van der Waals surface area contributed by atoms with Crippen molar-refractivity contribution in [1.29, 1.82) is 0 Å². The van der Waals surface area contributed by atoms with Crippen LogP contribution in [0.3, 0.4) is 0 Å². The van der Waals surface area contributed by atoms with Crippen LogP contribution in [0, 0.1) is 3.95 Å². The van der Waals surface area contributed by atoms with Crippen LogP contribution >= 0.6 is 23.6 Å². The molecule has 1 aromatic heterocycles. The molecule has 2 aromatic carbocycles. The van der Waals surface area contributed by atoms with Gasteiger partial charge in [0.25, 0.3) is 5.56 Å². The molecule has 0 unspecified atom stereocenters. The van der Waals surface area contributed by atoms with E-state index < -0.39 is 11.9 Å². The molecule has 1 heterocycles. The zero-order valence-electron chi connectivity index (χ0n) is 13.9. The number of aromatic nitrogens is 1. The summed E-state index contributed by atoms with van der Waals surface area (Å²) in [5, 5.41) is 11.6. The lowest BCUT2D eigenvalue weighted by Crippen LogP contribution is -2.27. The molecule has 3 aromatic rings. The average Bonchev–Trinajstić information content (AvgIpc) is 2.65. The fraction of sp³-hybridized carbons (Fsp3) is 0.0526. The van der Waals surface area contributed by atoms with Gasteiger partial charge in [-0.1, -0.05) is 36.4 Å². The van der Waals surface area contributed by atoms with Crippen molar-refractivity contribution in [3.05, 3.63) is 80.5 Å². The SMILES string of the molecule is O=C(Cn1c(=O)cc(-c2ccccc2)sc1=S)Nc1cccc(C(=O)O)c1. The second kappa shape index (κ2) is 8.07. The van der Waals surface area contributed by atoms with Crippen LogP contribution in [0.15, 0.2) is 65.5 Å². The van der Waals surface area contributed by atoms with E-state index in [1.165, 1.54) is 40.2 Å². The van der Waals surface area contributed by atoms with Gasteiger partial charge < -0.3 is 10.4 Å². The fourth-order valence-electron chi connectivity index (χ4n) is 2.42. The van der Waals surface area contributed by atoms with Crippen molar-refractivity contribution >= 4 is 41.1 Å². The highest BCUT2D eigenvalue weighted by Crippen LogP contribution is 2.22. The van der Waals surface area contributed by atoms with E-state index in [0.717, 1.165) is 10.4 Å². The molecule has 136 valence electrons. The summed E-state index contributed by atoms with van der Waals surface area (Å²) in [4.78, 5) is 36.4. The number of amides is 1. The van der Waals surface area contributed by atoms with Gasteiger partial charge in [-0.2, -0.15) is 0 Å². The molecule has 8 heteroatoms. The van der Waals surface area contributed by atoms with E-state index in [4.69, 9.17) is 17.3 Å². The maximum Gasteiger partial charge on any atom is 0.335 e. The Hall–Kier alpha value is -3.10. The number of anilines is 1. The van der Waals surface area contributed by atoms with Crippen LogP contribution in [0.1, 0.15) is 10.4 Å². The summed E-state index contributed by atoms with van der Waals surface area (Å²) in [5.74, 6) is -1.56. The first kappa shape index (κ1) is 18.7. The second-order valence-corrected chi connectivity index (χ2v) is 7.28. The van der Waals surface area contributed by atoms with Crippen LogP contribution in [0.4, 0.5) is 5.69 Å². The van der Waals surface area contributed by atoms with Crippen LogP contribution in [0.2, 0.25) is 0 Å².